The number of nitrogens with zero attached hydrogens (tertiary/aromatic N) is 3. The highest BCUT2D eigenvalue weighted by Gasteiger charge is 2.37. The predicted octanol–water partition coefficient (Wildman–Crippen LogP) is 4.79. The molecule has 1 saturated heterocycles. The van der Waals surface area contributed by atoms with Crippen molar-refractivity contribution in [2.45, 2.75) is 31.4 Å². The maximum absolute atomic E-state index is 14.2. The van der Waals surface area contributed by atoms with E-state index in [4.69, 9.17) is 15.2 Å². The molecule has 0 saturated carbocycles. The monoisotopic (exact) mass is 471 g/mol. The van der Waals surface area contributed by atoms with Crippen molar-refractivity contribution in [3.05, 3.63) is 47.5 Å². The van der Waals surface area contributed by atoms with Gasteiger partial charge in [-0.2, -0.15) is 0 Å². The minimum atomic E-state index is -4.92. The van der Waals surface area contributed by atoms with E-state index in [0.717, 1.165) is 12.1 Å². The van der Waals surface area contributed by atoms with E-state index in [1.807, 2.05) is 6.92 Å². The normalized spacial score (nSPS) is 23.9. The Labute approximate surface area is 186 Å². The average Bonchev–Trinajstić information content (AvgIpc) is 2.72. The molecule has 1 fully saturated rings. The molecule has 3 N–H and O–H groups in total. The third-order valence-electron chi connectivity index (χ3n) is 5.53. The number of alkyl halides is 3. The summed E-state index contributed by atoms with van der Waals surface area (Å²) < 4.78 is 77.3. The van der Waals surface area contributed by atoms with Crippen LogP contribution in [0.25, 0.3) is 0 Å². The molecule has 2 aliphatic heterocycles. The van der Waals surface area contributed by atoms with Gasteiger partial charge in [0.05, 0.1) is 36.2 Å². The van der Waals surface area contributed by atoms with E-state index in [1.54, 1.807) is 0 Å². The zero-order chi connectivity index (χ0) is 23.8. The van der Waals surface area contributed by atoms with Crippen LogP contribution < -0.4 is 15.8 Å². The number of nitrogens with two attached hydrogens (primary N) is 1. The average molecular weight is 471 g/mol. The summed E-state index contributed by atoms with van der Waals surface area (Å²) in [7, 11) is 0. The summed E-state index contributed by atoms with van der Waals surface area (Å²) in [5, 5.41) is 8.63. The molecule has 2 heterocycles. The minimum Gasteiger partial charge on any atom is -0.491 e. The number of anilines is 2. The van der Waals surface area contributed by atoms with Crippen molar-refractivity contribution >= 4 is 17.1 Å². The molecule has 12 heteroatoms. The molecule has 0 radical (unpaired) electrons. The Morgan fingerprint density at radius 2 is 1.94 bits per heavy atom. The van der Waals surface area contributed by atoms with E-state index in [9.17, 15) is 22.0 Å². The molecule has 0 aliphatic carbocycles. The van der Waals surface area contributed by atoms with Crippen molar-refractivity contribution in [3.63, 3.8) is 0 Å². The van der Waals surface area contributed by atoms with Gasteiger partial charge < -0.3 is 20.5 Å². The molecule has 0 bridgehead atoms. The minimum absolute atomic E-state index is 0.0463. The molecule has 0 amide bonds. The zero-order valence-corrected chi connectivity index (χ0v) is 17.6. The first-order chi connectivity index (χ1) is 15.6. The summed E-state index contributed by atoms with van der Waals surface area (Å²) >= 11 is 0. The van der Waals surface area contributed by atoms with Gasteiger partial charge >= 0.3 is 6.30 Å². The van der Waals surface area contributed by atoms with Gasteiger partial charge in [-0.05, 0) is 25.1 Å². The van der Waals surface area contributed by atoms with Gasteiger partial charge in [-0.3, -0.25) is 4.90 Å². The summed E-state index contributed by atoms with van der Waals surface area (Å²) in [5.41, 5.74) is 5.59. The Bertz CT molecular complexity index is 1050. The second kappa shape index (κ2) is 9.10. The van der Waals surface area contributed by atoms with E-state index in [1.165, 1.54) is 18.2 Å². The summed E-state index contributed by atoms with van der Waals surface area (Å²) in [4.78, 5) is 2.11. The molecule has 33 heavy (non-hydrogen) atoms. The van der Waals surface area contributed by atoms with E-state index < -0.39 is 24.0 Å². The van der Waals surface area contributed by atoms with E-state index in [2.05, 4.69) is 20.4 Å². The fourth-order valence-electron chi connectivity index (χ4n) is 4.12. The highest BCUT2D eigenvalue weighted by atomic mass is 19.4. The van der Waals surface area contributed by atoms with Crippen molar-refractivity contribution in [3.8, 4) is 5.75 Å². The van der Waals surface area contributed by atoms with E-state index >= 15 is 0 Å². The third-order valence-corrected chi connectivity index (χ3v) is 5.53. The highest BCUT2D eigenvalue weighted by Crippen LogP contribution is 2.41. The molecule has 7 nitrogen and oxygen atoms in total. The van der Waals surface area contributed by atoms with Crippen LogP contribution in [0.15, 0.2) is 40.6 Å². The molecule has 178 valence electrons. The molecular weight excluding hydrogens is 449 g/mol. The van der Waals surface area contributed by atoms with Gasteiger partial charge in [0.25, 0.3) is 0 Å². The highest BCUT2D eigenvalue weighted by molar-refractivity contribution is 5.78. The largest absolute Gasteiger partial charge is 0.521 e. The fraction of sp³-hybridized carbons (Fsp3) is 0.429. The smallest absolute Gasteiger partial charge is 0.491 e. The number of azo groups is 1. The van der Waals surface area contributed by atoms with Crippen molar-refractivity contribution in [1.29, 1.82) is 0 Å². The second-order valence-electron chi connectivity index (χ2n) is 7.92. The number of nitrogens with one attached hydrogen (secondary N) is 1. The number of hydrogen-bond acceptors (Lipinski definition) is 7. The fourth-order valence-corrected chi connectivity index (χ4v) is 4.12. The van der Waals surface area contributed by atoms with Gasteiger partial charge in [0.15, 0.2) is 0 Å². The first kappa shape index (κ1) is 23.2. The number of rotatable bonds is 4. The molecule has 0 aromatic heterocycles. The standard InChI is InChI=1S/C21H22F5N5O2/c1-11-9-31(4-5-32-11)17-10-33-18-8-12(22)2-3-14(18)19(17)28-16-7-13(23)6-15(27)20(16)29-30-21(24,25)26/h2-3,6-8,11,17,19,28H,4-5,9-10,27H2,1H3. The van der Waals surface area contributed by atoms with Gasteiger partial charge in [-0.25, -0.2) is 8.78 Å². The van der Waals surface area contributed by atoms with Crippen LogP contribution in [0, 0.1) is 11.6 Å². The Morgan fingerprint density at radius 1 is 1.15 bits per heavy atom. The maximum Gasteiger partial charge on any atom is 0.521 e. The molecule has 2 aromatic rings. The predicted molar refractivity (Wildman–Crippen MR) is 110 cm³/mol. The van der Waals surface area contributed by atoms with Crippen molar-refractivity contribution in [2.24, 2.45) is 10.2 Å². The number of morpholine rings is 1. The molecule has 3 atom stereocenters. The number of nitrogen functional groups attached to an aromatic ring is 1. The van der Waals surface area contributed by atoms with Crippen LogP contribution in [0.3, 0.4) is 0 Å². The lowest BCUT2D eigenvalue weighted by molar-refractivity contribution is -0.125. The zero-order valence-electron chi connectivity index (χ0n) is 17.6. The summed E-state index contributed by atoms with van der Waals surface area (Å²) in [5.74, 6) is -0.975. The van der Waals surface area contributed by atoms with Gasteiger partial charge in [-0.1, -0.05) is 11.2 Å². The van der Waals surface area contributed by atoms with E-state index in [-0.39, 0.29) is 41.6 Å². The van der Waals surface area contributed by atoms with Crippen LogP contribution in [0.1, 0.15) is 18.5 Å². The lowest BCUT2D eigenvalue weighted by Crippen LogP contribution is -2.54. The first-order valence-corrected chi connectivity index (χ1v) is 10.2. The summed E-state index contributed by atoms with van der Waals surface area (Å²) in [6.07, 6.45) is -4.97. The van der Waals surface area contributed by atoms with Crippen LogP contribution in [0.5, 0.6) is 5.75 Å². The number of fused-ring (bicyclic) bond motifs is 1. The number of ether oxygens (including phenoxy) is 2. The summed E-state index contributed by atoms with van der Waals surface area (Å²) in [6.45, 7) is 3.74. The quantitative estimate of drug-likeness (QED) is 0.290. The van der Waals surface area contributed by atoms with Crippen LogP contribution >= 0.6 is 0 Å². The number of benzene rings is 2. The second-order valence-corrected chi connectivity index (χ2v) is 7.92. The molecular formula is C21H22F5N5O2. The number of hydrogen-bond donors (Lipinski definition) is 2. The molecule has 0 spiro atoms. The van der Waals surface area contributed by atoms with E-state index in [0.29, 0.717) is 25.3 Å². The Morgan fingerprint density at radius 3 is 2.67 bits per heavy atom. The van der Waals surface area contributed by atoms with Crippen molar-refractivity contribution in [2.75, 3.05) is 37.4 Å². The lowest BCUT2D eigenvalue weighted by Gasteiger charge is -2.44. The molecule has 2 aromatic carbocycles. The number of halogens is 5. The van der Waals surface area contributed by atoms with Crippen LogP contribution in [0.2, 0.25) is 0 Å². The van der Waals surface area contributed by atoms with Crippen molar-refractivity contribution < 1.29 is 31.4 Å². The molecule has 2 aliphatic rings. The van der Waals surface area contributed by atoms with Gasteiger partial charge in [0.1, 0.15) is 29.7 Å². The Kier molecular flexibility index (Phi) is 6.39. The lowest BCUT2D eigenvalue weighted by atomic mass is 9.93. The first-order valence-electron chi connectivity index (χ1n) is 10.2. The Balaban J connectivity index is 1.75. The summed E-state index contributed by atoms with van der Waals surface area (Å²) in [6, 6.07) is 4.96. The van der Waals surface area contributed by atoms with Crippen LogP contribution in [-0.4, -0.2) is 49.6 Å². The maximum atomic E-state index is 14.2. The van der Waals surface area contributed by atoms with Gasteiger partial charge in [-0.15, -0.1) is 18.3 Å². The molecule has 4 rings (SSSR count). The SMILES string of the molecule is CC1CN(C2COc3cc(F)ccc3C2Nc2cc(F)cc(N)c2N=NC(F)(F)F)CCO1. The van der Waals surface area contributed by atoms with Crippen LogP contribution in [-0.2, 0) is 4.74 Å². The topological polar surface area (TPSA) is 84.5 Å². The van der Waals surface area contributed by atoms with Crippen LogP contribution in [0.4, 0.5) is 39.0 Å². The van der Waals surface area contributed by atoms with Gasteiger partial charge in [0, 0.05) is 24.7 Å². The Hall–Kier alpha value is -2.99. The van der Waals surface area contributed by atoms with Crippen molar-refractivity contribution in [1.82, 2.24) is 4.90 Å². The van der Waals surface area contributed by atoms with Gasteiger partial charge in [0.2, 0.25) is 0 Å². The third kappa shape index (κ3) is 5.33. The molecule has 3 unspecified atom stereocenters.